The summed E-state index contributed by atoms with van der Waals surface area (Å²) < 4.78 is 5.80. The summed E-state index contributed by atoms with van der Waals surface area (Å²) in [5.41, 5.74) is -0.0386. The van der Waals surface area contributed by atoms with E-state index in [-0.39, 0.29) is 24.0 Å². The summed E-state index contributed by atoms with van der Waals surface area (Å²) >= 11 is 7.56. The normalized spacial score (nSPS) is 14.7. The van der Waals surface area contributed by atoms with E-state index in [1.165, 1.54) is 12.1 Å². The number of nitrogens with one attached hydrogen (secondary N) is 1. The van der Waals surface area contributed by atoms with Gasteiger partial charge in [-0.25, -0.2) is 0 Å². The lowest BCUT2D eigenvalue weighted by molar-refractivity contribution is -0.384. The van der Waals surface area contributed by atoms with Crippen LogP contribution in [0.15, 0.2) is 41.0 Å². The molecule has 2 amide bonds. The number of nitro groups is 1. The maximum Gasteiger partial charge on any atom is 0.270 e. The number of benzene rings is 1. The molecule has 1 saturated heterocycles. The largest absolute Gasteiger partial charge is 0.467 e. The number of fused-ring (bicyclic) bond motifs is 1. The van der Waals surface area contributed by atoms with Gasteiger partial charge in [0.2, 0.25) is 5.91 Å². The molecular weight excluding hydrogens is 444 g/mol. The molecule has 1 aliphatic rings. The summed E-state index contributed by atoms with van der Waals surface area (Å²) in [5.74, 6) is 0.385. The Morgan fingerprint density at radius 1 is 1.23 bits per heavy atom. The van der Waals surface area contributed by atoms with Crippen LogP contribution in [-0.4, -0.2) is 59.3 Å². The minimum Gasteiger partial charge on any atom is -0.467 e. The molecule has 0 unspecified atom stereocenters. The van der Waals surface area contributed by atoms with Crippen LogP contribution in [0.4, 0.5) is 5.69 Å². The van der Waals surface area contributed by atoms with E-state index >= 15 is 0 Å². The van der Waals surface area contributed by atoms with Crippen molar-refractivity contribution in [2.45, 2.75) is 6.54 Å². The average Bonchev–Trinajstić information content (AvgIpc) is 3.40. The van der Waals surface area contributed by atoms with Crippen LogP contribution in [0, 0.1) is 10.1 Å². The molecule has 0 bridgehead atoms. The van der Waals surface area contributed by atoms with Gasteiger partial charge in [0.25, 0.3) is 11.6 Å². The number of hydrogen-bond acceptors (Lipinski definition) is 7. The highest BCUT2D eigenvalue weighted by Crippen LogP contribution is 2.38. The van der Waals surface area contributed by atoms with Gasteiger partial charge in [-0.05, 0) is 18.2 Å². The van der Waals surface area contributed by atoms with Crippen molar-refractivity contribution >= 4 is 50.5 Å². The third-order valence-corrected chi connectivity index (χ3v) is 6.73. The Bertz CT molecular complexity index is 1120. The fraction of sp³-hybridized carbons (Fsp3) is 0.300. The fourth-order valence-corrected chi connectivity index (χ4v) is 4.93. The van der Waals surface area contributed by atoms with Crippen molar-refractivity contribution in [1.82, 2.24) is 15.1 Å². The lowest BCUT2D eigenvalue weighted by atomic mass is 10.2. The molecule has 1 aromatic carbocycles. The van der Waals surface area contributed by atoms with E-state index in [9.17, 15) is 19.7 Å². The van der Waals surface area contributed by atoms with Gasteiger partial charge < -0.3 is 14.6 Å². The van der Waals surface area contributed by atoms with Crippen molar-refractivity contribution in [3.8, 4) is 0 Å². The monoisotopic (exact) mass is 462 g/mol. The summed E-state index contributed by atoms with van der Waals surface area (Å²) in [6, 6.07) is 7.94. The van der Waals surface area contributed by atoms with E-state index in [1.807, 2.05) is 4.90 Å². The van der Waals surface area contributed by atoms with Crippen molar-refractivity contribution in [3.63, 3.8) is 0 Å². The number of nitrogens with zero attached hydrogens (tertiary/aromatic N) is 3. The van der Waals surface area contributed by atoms with Crippen molar-refractivity contribution in [3.05, 3.63) is 62.4 Å². The van der Waals surface area contributed by atoms with Gasteiger partial charge in [-0.2, -0.15) is 0 Å². The molecule has 31 heavy (non-hydrogen) atoms. The third kappa shape index (κ3) is 4.71. The SMILES string of the molecule is O=C(CN1CCN(C(=O)c2sc3cc([N+](=O)[O-])ccc3c2Cl)CC1)NCc1ccco1. The smallest absolute Gasteiger partial charge is 0.270 e. The van der Waals surface area contributed by atoms with Crippen LogP contribution in [-0.2, 0) is 11.3 Å². The van der Waals surface area contributed by atoms with Crippen molar-refractivity contribution in [2.75, 3.05) is 32.7 Å². The number of halogens is 1. The maximum absolute atomic E-state index is 13.0. The lowest BCUT2D eigenvalue weighted by Gasteiger charge is -2.34. The van der Waals surface area contributed by atoms with E-state index in [2.05, 4.69) is 5.32 Å². The van der Waals surface area contributed by atoms with Gasteiger partial charge >= 0.3 is 0 Å². The highest BCUT2D eigenvalue weighted by atomic mass is 35.5. The Kier molecular flexibility index (Phi) is 6.21. The Labute approximate surface area is 186 Å². The molecule has 3 aromatic rings. The zero-order valence-corrected chi connectivity index (χ0v) is 17.9. The molecule has 3 heterocycles. The molecule has 1 aliphatic heterocycles. The molecular formula is C20H19ClN4O5S. The molecule has 0 radical (unpaired) electrons. The molecule has 0 saturated carbocycles. The summed E-state index contributed by atoms with van der Waals surface area (Å²) in [6.07, 6.45) is 1.56. The Morgan fingerprint density at radius 3 is 2.68 bits per heavy atom. The molecule has 2 aromatic heterocycles. The molecule has 0 spiro atoms. The van der Waals surface area contributed by atoms with Crippen LogP contribution >= 0.6 is 22.9 Å². The first-order valence-corrected chi connectivity index (χ1v) is 10.8. The first kappa shape index (κ1) is 21.3. The van der Waals surface area contributed by atoms with E-state index < -0.39 is 4.92 Å². The topological polar surface area (TPSA) is 109 Å². The number of carbonyl (C=O) groups excluding carboxylic acids is 2. The summed E-state index contributed by atoms with van der Waals surface area (Å²) in [6.45, 7) is 2.65. The van der Waals surface area contributed by atoms with E-state index in [0.717, 1.165) is 11.3 Å². The van der Waals surface area contributed by atoms with Crippen LogP contribution in [0.3, 0.4) is 0 Å². The fourth-order valence-electron chi connectivity index (χ4n) is 3.42. The van der Waals surface area contributed by atoms with E-state index in [0.29, 0.717) is 58.5 Å². The number of non-ortho nitro benzene ring substituents is 1. The van der Waals surface area contributed by atoms with Crippen LogP contribution in [0.2, 0.25) is 5.02 Å². The number of carbonyl (C=O) groups is 2. The van der Waals surface area contributed by atoms with Gasteiger partial charge in [-0.15, -0.1) is 11.3 Å². The molecule has 9 nitrogen and oxygen atoms in total. The maximum atomic E-state index is 13.0. The predicted molar refractivity (Wildman–Crippen MR) is 116 cm³/mol. The lowest BCUT2D eigenvalue weighted by Crippen LogP contribution is -2.51. The van der Waals surface area contributed by atoms with Crippen LogP contribution in [0.1, 0.15) is 15.4 Å². The first-order valence-electron chi connectivity index (χ1n) is 9.59. The molecule has 1 N–H and O–H groups in total. The Balaban J connectivity index is 1.34. The molecule has 1 fully saturated rings. The van der Waals surface area contributed by atoms with E-state index in [1.54, 1.807) is 29.4 Å². The molecule has 11 heteroatoms. The number of furan rings is 1. The van der Waals surface area contributed by atoms with Gasteiger partial charge in [-0.3, -0.25) is 24.6 Å². The van der Waals surface area contributed by atoms with Gasteiger partial charge in [0, 0.05) is 48.4 Å². The Morgan fingerprint density at radius 2 is 2.00 bits per heavy atom. The number of nitro benzene ring substituents is 1. The van der Waals surface area contributed by atoms with Crippen molar-refractivity contribution in [2.24, 2.45) is 0 Å². The number of piperazine rings is 1. The second-order valence-corrected chi connectivity index (χ2v) is 8.54. The van der Waals surface area contributed by atoms with Crippen molar-refractivity contribution < 1.29 is 18.9 Å². The van der Waals surface area contributed by atoms with Gasteiger partial charge in [-0.1, -0.05) is 11.6 Å². The molecule has 0 atom stereocenters. The molecule has 0 aliphatic carbocycles. The molecule has 4 rings (SSSR count). The minimum atomic E-state index is -0.474. The van der Waals surface area contributed by atoms with Crippen molar-refractivity contribution in [1.29, 1.82) is 0 Å². The quantitative estimate of drug-likeness (QED) is 0.445. The second-order valence-electron chi connectivity index (χ2n) is 7.11. The average molecular weight is 463 g/mol. The standard InChI is InChI=1S/C20H19ClN4O5S/c21-18-15-4-3-13(25(28)29)10-16(15)31-19(18)20(27)24-7-5-23(6-8-24)12-17(26)22-11-14-2-1-9-30-14/h1-4,9-10H,5-8,11-12H2,(H,22,26). The predicted octanol–water partition coefficient (Wildman–Crippen LogP) is 3.13. The number of rotatable bonds is 6. The summed E-state index contributed by atoms with van der Waals surface area (Å²) in [7, 11) is 0. The number of thiophene rings is 1. The zero-order chi connectivity index (χ0) is 22.0. The van der Waals surface area contributed by atoms with Crippen LogP contribution < -0.4 is 5.32 Å². The molecule has 162 valence electrons. The number of hydrogen-bond donors (Lipinski definition) is 1. The minimum absolute atomic E-state index is 0.0386. The highest BCUT2D eigenvalue weighted by molar-refractivity contribution is 7.21. The first-order chi connectivity index (χ1) is 14.9. The highest BCUT2D eigenvalue weighted by Gasteiger charge is 2.27. The van der Waals surface area contributed by atoms with Gasteiger partial charge in [0.15, 0.2) is 0 Å². The van der Waals surface area contributed by atoms with E-state index in [4.69, 9.17) is 16.0 Å². The van der Waals surface area contributed by atoms with Crippen LogP contribution in [0.5, 0.6) is 0 Å². The summed E-state index contributed by atoms with van der Waals surface area (Å²) in [4.78, 5) is 39.7. The summed E-state index contributed by atoms with van der Waals surface area (Å²) in [5, 5.41) is 14.7. The van der Waals surface area contributed by atoms with Gasteiger partial charge in [0.1, 0.15) is 10.6 Å². The van der Waals surface area contributed by atoms with Gasteiger partial charge in [0.05, 0.1) is 29.3 Å². The second kappa shape index (κ2) is 9.04. The number of amides is 2. The zero-order valence-electron chi connectivity index (χ0n) is 16.4. The third-order valence-electron chi connectivity index (χ3n) is 5.08. The van der Waals surface area contributed by atoms with Crippen LogP contribution in [0.25, 0.3) is 10.1 Å². The Hall–Kier alpha value is -2.95.